The number of hydrogen-bond acceptors (Lipinski definition) is 4. The summed E-state index contributed by atoms with van der Waals surface area (Å²) in [5.41, 5.74) is 5.04. The van der Waals surface area contributed by atoms with Gasteiger partial charge in [0.15, 0.2) is 0 Å². The summed E-state index contributed by atoms with van der Waals surface area (Å²) < 4.78 is 42.7. The molecule has 0 aliphatic carbocycles. The van der Waals surface area contributed by atoms with Crippen molar-refractivity contribution in [1.29, 1.82) is 0 Å². The maximum Gasteiger partial charge on any atom is 0.416 e. The van der Waals surface area contributed by atoms with Crippen LogP contribution in [0.1, 0.15) is 17.7 Å². The Labute approximate surface area is 119 Å². The van der Waals surface area contributed by atoms with Gasteiger partial charge in [-0.15, -0.1) is 0 Å². The standard InChI is InChI=1S/C13H16F3N3O2/c14-13(15,16)9-1-3-18-11(5-9)7-21-8-12(20)19-4-2-10(17)6-19/h1,3,5,10H,2,4,6-8,17H2. The van der Waals surface area contributed by atoms with Crippen molar-refractivity contribution in [3.05, 3.63) is 29.6 Å². The normalized spacial score (nSPS) is 19.0. The first-order chi connectivity index (χ1) is 9.86. The van der Waals surface area contributed by atoms with Crippen LogP contribution in [0.2, 0.25) is 0 Å². The average Bonchev–Trinajstić information content (AvgIpc) is 2.85. The van der Waals surface area contributed by atoms with Gasteiger partial charge in [-0.1, -0.05) is 0 Å². The summed E-state index contributed by atoms with van der Waals surface area (Å²) in [6, 6.07) is 1.79. The Bertz CT molecular complexity index is 508. The number of aromatic nitrogens is 1. The number of pyridine rings is 1. The molecule has 1 unspecified atom stereocenters. The van der Waals surface area contributed by atoms with Gasteiger partial charge in [0.2, 0.25) is 5.91 Å². The highest BCUT2D eigenvalue weighted by Gasteiger charge is 2.30. The lowest BCUT2D eigenvalue weighted by atomic mass is 10.2. The number of carbonyl (C=O) groups excluding carboxylic acids is 1. The van der Waals surface area contributed by atoms with Gasteiger partial charge in [-0.25, -0.2) is 0 Å². The van der Waals surface area contributed by atoms with Gasteiger partial charge in [0.05, 0.1) is 17.9 Å². The second kappa shape index (κ2) is 6.40. The molecule has 2 N–H and O–H groups in total. The van der Waals surface area contributed by atoms with Crippen LogP contribution in [0.3, 0.4) is 0 Å². The van der Waals surface area contributed by atoms with Crippen molar-refractivity contribution in [3.8, 4) is 0 Å². The second-order valence-electron chi connectivity index (χ2n) is 4.91. The zero-order valence-corrected chi connectivity index (χ0v) is 11.3. The van der Waals surface area contributed by atoms with E-state index in [2.05, 4.69) is 4.98 Å². The molecule has 1 saturated heterocycles. The molecule has 5 nitrogen and oxygen atoms in total. The quantitative estimate of drug-likeness (QED) is 0.907. The summed E-state index contributed by atoms with van der Waals surface area (Å²) in [6.45, 7) is 0.745. The fourth-order valence-corrected chi connectivity index (χ4v) is 2.08. The molecule has 1 aliphatic rings. The molecule has 8 heteroatoms. The summed E-state index contributed by atoms with van der Waals surface area (Å²) in [7, 11) is 0. The highest BCUT2D eigenvalue weighted by Crippen LogP contribution is 2.29. The van der Waals surface area contributed by atoms with Crippen molar-refractivity contribution in [2.24, 2.45) is 5.73 Å². The number of nitrogens with two attached hydrogens (primary N) is 1. The molecule has 1 aliphatic heterocycles. The van der Waals surface area contributed by atoms with Crippen LogP contribution in [0, 0.1) is 0 Å². The van der Waals surface area contributed by atoms with E-state index in [0.717, 1.165) is 24.8 Å². The molecule has 116 valence electrons. The first-order valence-corrected chi connectivity index (χ1v) is 6.49. The van der Waals surface area contributed by atoms with E-state index < -0.39 is 11.7 Å². The molecule has 0 bridgehead atoms. The van der Waals surface area contributed by atoms with Crippen LogP contribution in [0.25, 0.3) is 0 Å². The lowest BCUT2D eigenvalue weighted by Crippen LogP contribution is -2.34. The SMILES string of the molecule is NC1CCN(C(=O)COCc2cc(C(F)(F)F)ccn2)C1. The van der Waals surface area contributed by atoms with E-state index in [1.165, 1.54) is 0 Å². The highest BCUT2D eigenvalue weighted by molar-refractivity contribution is 5.77. The molecule has 1 aromatic rings. The van der Waals surface area contributed by atoms with Gasteiger partial charge in [0.1, 0.15) is 6.61 Å². The number of amides is 1. The van der Waals surface area contributed by atoms with Crippen LogP contribution in [-0.2, 0) is 22.3 Å². The molecular weight excluding hydrogens is 287 g/mol. The summed E-state index contributed by atoms with van der Waals surface area (Å²) in [5, 5.41) is 0. The highest BCUT2D eigenvalue weighted by atomic mass is 19.4. The van der Waals surface area contributed by atoms with Crippen molar-refractivity contribution < 1.29 is 22.7 Å². The first kappa shape index (κ1) is 15.7. The molecule has 21 heavy (non-hydrogen) atoms. The molecule has 0 saturated carbocycles. The van der Waals surface area contributed by atoms with Crippen molar-refractivity contribution in [3.63, 3.8) is 0 Å². The van der Waals surface area contributed by atoms with Crippen molar-refractivity contribution >= 4 is 5.91 Å². The Morgan fingerprint density at radius 3 is 2.90 bits per heavy atom. The van der Waals surface area contributed by atoms with Crippen molar-refractivity contribution in [1.82, 2.24) is 9.88 Å². The van der Waals surface area contributed by atoms with Crippen LogP contribution in [0.4, 0.5) is 13.2 Å². The number of ether oxygens (including phenoxy) is 1. The van der Waals surface area contributed by atoms with Crippen LogP contribution in [0.15, 0.2) is 18.3 Å². The summed E-state index contributed by atoms with van der Waals surface area (Å²) in [4.78, 5) is 17.1. The lowest BCUT2D eigenvalue weighted by Gasteiger charge is -2.15. The number of carbonyl (C=O) groups is 1. The fourth-order valence-electron chi connectivity index (χ4n) is 2.08. The molecule has 0 aromatic carbocycles. The number of rotatable bonds is 4. The summed E-state index contributed by atoms with van der Waals surface area (Å²) in [5.74, 6) is -0.213. The number of hydrogen-bond donors (Lipinski definition) is 1. The number of likely N-dealkylation sites (tertiary alicyclic amines) is 1. The molecule has 2 heterocycles. The van der Waals surface area contributed by atoms with Gasteiger partial charge in [-0.3, -0.25) is 9.78 Å². The molecule has 1 amide bonds. The Morgan fingerprint density at radius 2 is 2.29 bits per heavy atom. The van der Waals surface area contributed by atoms with Gasteiger partial charge in [0.25, 0.3) is 0 Å². The summed E-state index contributed by atoms with van der Waals surface area (Å²) in [6.07, 6.45) is -2.59. The van der Waals surface area contributed by atoms with E-state index in [-0.39, 0.29) is 30.9 Å². The molecule has 1 atom stereocenters. The average molecular weight is 303 g/mol. The monoisotopic (exact) mass is 303 g/mol. The Balaban J connectivity index is 1.82. The van der Waals surface area contributed by atoms with Gasteiger partial charge in [0, 0.05) is 25.3 Å². The minimum absolute atomic E-state index is 0.0147. The topological polar surface area (TPSA) is 68.5 Å². The van der Waals surface area contributed by atoms with Crippen LogP contribution in [0.5, 0.6) is 0 Å². The predicted molar refractivity (Wildman–Crippen MR) is 68.1 cm³/mol. The zero-order valence-electron chi connectivity index (χ0n) is 11.3. The van der Waals surface area contributed by atoms with Crippen LogP contribution < -0.4 is 5.73 Å². The minimum Gasteiger partial charge on any atom is -0.365 e. The smallest absolute Gasteiger partial charge is 0.365 e. The maximum atomic E-state index is 12.5. The van der Waals surface area contributed by atoms with Crippen molar-refractivity contribution in [2.75, 3.05) is 19.7 Å². The van der Waals surface area contributed by atoms with E-state index >= 15 is 0 Å². The van der Waals surface area contributed by atoms with Crippen LogP contribution in [-0.4, -0.2) is 41.5 Å². The van der Waals surface area contributed by atoms with Gasteiger partial charge in [-0.2, -0.15) is 13.2 Å². The third-order valence-corrected chi connectivity index (χ3v) is 3.20. The largest absolute Gasteiger partial charge is 0.416 e. The molecular formula is C13H16F3N3O2. The third kappa shape index (κ3) is 4.40. The number of alkyl halides is 3. The van der Waals surface area contributed by atoms with Gasteiger partial charge < -0.3 is 15.4 Å². The number of halogens is 3. The Hall–Kier alpha value is -1.67. The Kier molecular flexibility index (Phi) is 4.79. The van der Waals surface area contributed by atoms with Crippen molar-refractivity contribution in [2.45, 2.75) is 25.2 Å². The molecule has 1 aromatic heterocycles. The second-order valence-corrected chi connectivity index (χ2v) is 4.91. The molecule has 0 radical (unpaired) electrons. The predicted octanol–water partition coefficient (Wildman–Crippen LogP) is 1.18. The fraction of sp³-hybridized carbons (Fsp3) is 0.538. The molecule has 0 spiro atoms. The maximum absolute atomic E-state index is 12.5. The van der Waals surface area contributed by atoms with Crippen LogP contribution >= 0.6 is 0 Å². The first-order valence-electron chi connectivity index (χ1n) is 6.49. The van der Waals surface area contributed by atoms with Gasteiger partial charge >= 0.3 is 6.18 Å². The van der Waals surface area contributed by atoms with E-state index in [1.54, 1.807) is 4.90 Å². The number of nitrogens with zero attached hydrogens (tertiary/aromatic N) is 2. The van der Waals surface area contributed by atoms with E-state index in [9.17, 15) is 18.0 Å². The molecule has 1 fully saturated rings. The van der Waals surface area contributed by atoms with E-state index in [1.807, 2.05) is 0 Å². The van der Waals surface area contributed by atoms with E-state index in [4.69, 9.17) is 10.5 Å². The third-order valence-electron chi connectivity index (χ3n) is 3.20. The zero-order chi connectivity index (χ0) is 15.5. The van der Waals surface area contributed by atoms with E-state index in [0.29, 0.717) is 13.1 Å². The lowest BCUT2D eigenvalue weighted by molar-refractivity contribution is -0.138. The molecule has 2 rings (SSSR count). The van der Waals surface area contributed by atoms with Gasteiger partial charge in [-0.05, 0) is 18.6 Å². The Morgan fingerprint density at radius 1 is 1.52 bits per heavy atom. The summed E-state index contributed by atoms with van der Waals surface area (Å²) >= 11 is 0. The minimum atomic E-state index is -4.42.